The smallest absolute Gasteiger partial charge is 0.361 e. The lowest BCUT2D eigenvalue weighted by atomic mass is 10.2. The van der Waals surface area contributed by atoms with Gasteiger partial charge in [-0.25, -0.2) is 9.78 Å². The van der Waals surface area contributed by atoms with Crippen LogP contribution in [0.3, 0.4) is 0 Å². The van der Waals surface area contributed by atoms with E-state index in [9.17, 15) is 4.79 Å². The zero-order valence-corrected chi connectivity index (χ0v) is 18.3. The number of anilines is 3. The molecule has 0 radical (unpaired) electrons. The van der Waals surface area contributed by atoms with Crippen molar-refractivity contribution in [2.45, 2.75) is 20.8 Å². The number of hydrogen-bond acceptors (Lipinski definition) is 7. The van der Waals surface area contributed by atoms with Crippen molar-refractivity contribution in [2.24, 2.45) is 0 Å². The molecule has 32 heavy (non-hydrogen) atoms. The van der Waals surface area contributed by atoms with E-state index in [1.54, 1.807) is 23.6 Å². The van der Waals surface area contributed by atoms with Crippen LogP contribution in [0.4, 0.5) is 17.2 Å². The number of fused-ring (bicyclic) bond motifs is 1. The third-order valence-corrected chi connectivity index (χ3v) is 4.69. The summed E-state index contributed by atoms with van der Waals surface area (Å²) in [5.41, 5.74) is 3.74. The summed E-state index contributed by atoms with van der Waals surface area (Å²) in [4.78, 5) is 21.4. The van der Waals surface area contributed by atoms with E-state index in [1.807, 2.05) is 56.4 Å². The second kappa shape index (κ2) is 9.38. The first-order valence-corrected chi connectivity index (χ1v) is 10.5. The molecule has 8 nitrogen and oxygen atoms in total. The Kier molecular flexibility index (Phi) is 6.21. The molecule has 2 N–H and O–H groups in total. The number of rotatable bonds is 8. The Labute approximate surface area is 186 Å². The van der Waals surface area contributed by atoms with E-state index in [0.717, 1.165) is 29.3 Å². The lowest BCUT2D eigenvalue weighted by molar-refractivity contribution is 0.0515. The molecule has 4 rings (SSSR count). The van der Waals surface area contributed by atoms with Gasteiger partial charge in [0.1, 0.15) is 11.4 Å². The summed E-state index contributed by atoms with van der Waals surface area (Å²) in [5, 5.41) is 6.64. The van der Waals surface area contributed by atoms with Crippen LogP contribution in [-0.4, -0.2) is 33.5 Å². The van der Waals surface area contributed by atoms with Gasteiger partial charge in [-0.15, -0.1) is 0 Å². The first kappa shape index (κ1) is 21.2. The van der Waals surface area contributed by atoms with E-state index in [2.05, 4.69) is 26.7 Å². The number of esters is 1. The highest BCUT2D eigenvalue weighted by Gasteiger charge is 2.22. The fraction of sp³-hybridized carbons (Fsp3) is 0.208. The fourth-order valence-electron chi connectivity index (χ4n) is 3.28. The van der Waals surface area contributed by atoms with Gasteiger partial charge in [-0.1, -0.05) is 6.07 Å². The average Bonchev–Trinajstić information content (AvgIpc) is 3.15. The zero-order valence-electron chi connectivity index (χ0n) is 18.3. The first-order chi connectivity index (χ1) is 15.6. The third-order valence-electron chi connectivity index (χ3n) is 4.69. The zero-order chi connectivity index (χ0) is 22.5. The molecule has 0 saturated heterocycles. The Balaban J connectivity index is 1.57. The van der Waals surface area contributed by atoms with Gasteiger partial charge in [0, 0.05) is 24.6 Å². The number of carbonyl (C=O) groups is 1. The molecule has 8 heteroatoms. The summed E-state index contributed by atoms with van der Waals surface area (Å²) in [6.45, 7) is 6.88. The van der Waals surface area contributed by atoms with Crippen molar-refractivity contribution in [3.05, 3.63) is 72.2 Å². The number of nitrogens with one attached hydrogen (secondary N) is 2. The molecule has 0 aliphatic carbocycles. The minimum absolute atomic E-state index is 0.199. The third kappa shape index (κ3) is 4.49. The second-order valence-corrected chi connectivity index (χ2v) is 7.11. The number of benzene rings is 1. The second-order valence-electron chi connectivity index (χ2n) is 7.11. The summed E-state index contributed by atoms with van der Waals surface area (Å²) in [7, 11) is 0. The number of aryl methyl sites for hydroxylation is 1. The number of aromatic nitrogens is 3. The molecule has 164 valence electrons. The highest BCUT2D eigenvalue weighted by Crippen LogP contribution is 2.29. The summed E-state index contributed by atoms with van der Waals surface area (Å²) in [5.74, 6) is 1.01. The van der Waals surface area contributed by atoms with Crippen LogP contribution in [-0.2, 0) is 4.74 Å². The topological polar surface area (TPSA) is 89.8 Å². The van der Waals surface area contributed by atoms with Gasteiger partial charge in [-0.05, 0) is 68.8 Å². The van der Waals surface area contributed by atoms with E-state index in [-0.39, 0.29) is 18.2 Å². The monoisotopic (exact) mass is 431 g/mol. The van der Waals surface area contributed by atoms with Crippen LogP contribution in [0.5, 0.6) is 11.6 Å². The Morgan fingerprint density at radius 1 is 1.12 bits per heavy atom. The number of imidazole rings is 1. The summed E-state index contributed by atoms with van der Waals surface area (Å²) in [6.07, 6.45) is 3.58. The SMILES string of the molecule is CCNc1cc(C)cnc1Nc1ccc(Oc2nc3ccccn3c2C(=O)OCC)cc1. The molecule has 0 atom stereocenters. The van der Waals surface area contributed by atoms with E-state index in [0.29, 0.717) is 11.4 Å². The molecule has 0 spiro atoms. The Bertz CT molecular complexity index is 1230. The molecule has 0 bridgehead atoms. The van der Waals surface area contributed by atoms with E-state index < -0.39 is 5.97 Å². The molecule has 4 aromatic rings. The van der Waals surface area contributed by atoms with Crippen molar-refractivity contribution >= 4 is 28.8 Å². The molecule has 1 aromatic carbocycles. The first-order valence-electron chi connectivity index (χ1n) is 10.5. The lowest BCUT2D eigenvalue weighted by Crippen LogP contribution is -2.09. The van der Waals surface area contributed by atoms with Crippen LogP contribution in [0, 0.1) is 6.92 Å². The van der Waals surface area contributed by atoms with Gasteiger partial charge in [-0.2, -0.15) is 4.98 Å². The summed E-state index contributed by atoms with van der Waals surface area (Å²) < 4.78 is 12.8. The van der Waals surface area contributed by atoms with Gasteiger partial charge < -0.3 is 20.1 Å². The van der Waals surface area contributed by atoms with Gasteiger partial charge in [0.15, 0.2) is 11.5 Å². The largest absolute Gasteiger partial charge is 0.461 e. The van der Waals surface area contributed by atoms with Crippen molar-refractivity contribution < 1.29 is 14.3 Å². The number of ether oxygens (including phenoxy) is 2. The molecule has 0 aliphatic heterocycles. The van der Waals surface area contributed by atoms with Gasteiger partial charge in [0.2, 0.25) is 0 Å². The van der Waals surface area contributed by atoms with Gasteiger partial charge in [0.25, 0.3) is 5.88 Å². The van der Waals surface area contributed by atoms with Crippen molar-refractivity contribution in [1.82, 2.24) is 14.4 Å². The highest BCUT2D eigenvalue weighted by atomic mass is 16.5. The Morgan fingerprint density at radius 3 is 2.69 bits per heavy atom. The van der Waals surface area contributed by atoms with Crippen molar-refractivity contribution in [1.29, 1.82) is 0 Å². The normalized spacial score (nSPS) is 10.7. The predicted octanol–water partition coefficient (Wildman–Crippen LogP) is 5.18. The fourth-order valence-corrected chi connectivity index (χ4v) is 3.28. The maximum Gasteiger partial charge on any atom is 0.361 e. The molecular formula is C24H25N5O3. The predicted molar refractivity (Wildman–Crippen MR) is 124 cm³/mol. The van der Waals surface area contributed by atoms with Gasteiger partial charge in [-0.3, -0.25) is 4.40 Å². The number of carbonyl (C=O) groups excluding carboxylic acids is 1. The van der Waals surface area contributed by atoms with Crippen molar-refractivity contribution in [2.75, 3.05) is 23.8 Å². The Morgan fingerprint density at radius 2 is 1.94 bits per heavy atom. The maximum absolute atomic E-state index is 12.5. The summed E-state index contributed by atoms with van der Waals surface area (Å²) in [6, 6.07) is 14.9. The van der Waals surface area contributed by atoms with Gasteiger partial charge >= 0.3 is 5.97 Å². The number of hydrogen-bond donors (Lipinski definition) is 2. The quantitative estimate of drug-likeness (QED) is 0.371. The molecule has 0 fully saturated rings. The Hall–Kier alpha value is -4.07. The molecule has 0 amide bonds. The molecular weight excluding hydrogens is 406 g/mol. The standard InChI is InChI=1S/C24H25N5O3/c1-4-25-19-14-16(3)15-26-22(19)27-17-9-11-18(12-10-17)32-23-21(24(30)31-5-2)29-13-7-6-8-20(29)28-23/h6-15,25H,4-5H2,1-3H3,(H,26,27). The summed E-state index contributed by atoms with van der Waals surface area (Å²) >= 11 is 0. The van der Waals surface area contributed by atoms with E-state index >= 15 is 0 Å². The highest BCUT2D eigenvalue weighted by molar-refractivity contribution is 5.91. The maximum atomic E-state index is 12.5. The van der Waals surface area contributed by atoms with Crippen LogP contribution < -0.4 is 15.4 Å². The van der Waals surface area contributed by atoms with Crippen LogP contribution >= 0.6 is 0 Å². The van der Waals surface area contributed by atoms with Crippen LogP contribution in [0.1, 0.15) is 29.9 Å². The van der Waals surface area contributed by atoms with Gasteiger partial charge in [0.05, 0.1) is 12.3 Å². The minimum atomic E-state index is -0.485. The number of pyridine rings is 2. The van der Waals surface area contributed by atoms with Crippen molar-refractivity contribution in [3.8, 4) is 11.6 Å². The molecule has 0 saturated carbocycles. The molecule has 0 unspecified atom stereocenters. The van der Waals surface area contributed by atoms with Crippen molar-refractivity contribution in [3.63, 3.8) is 0 Å². The molecule has 3 aromatic heterocycles. The van der Waals surface area contributed by atoms with E-state index in [4.69, 9.17) is 9.47 Å². The average molecular weight is 431 g/mol. The number of nitrogens with zero attached hydrogens (tertiary/aromatic N) is 3. The lowest BCUT2D eigenvalue weighted by Gasteiger charge is -2.13. The minimum Gasteiger partial charge on any atom is -0.461 e. The van der Waals surface area contributed by atoms with E-state index in [1.165, 1.54) is 0 Å². The van der Waals surface area contributed by atoms with Crippen LogP contribution in [0.15, 0.2) is 60.9 Å². The molecule has 3 heterocycles. The molecule has 0 aliphatic rings. The van der Waals surface area contributed by atoms with Crippen LogP contribution in [0.25, 0.3) is 5.65 Å². The van der Waals surface area contributed by atoms with Crippen LogP contribution in [0.2, 0.25) is 0 Å².